The van der Waals surface area contributed by atoms with Gasteiger partial charge in [-0.3, -0.25) is 4.98 Å². The number of rotatable bonds is 7. The highest BCUT2D eigenvalue weighted by Gasteiger charge is 2.33. The van der Waals surface area contributed by atoms with Gasteiger partial charge in [0, 0.05) is 26.3 Å². The van der Waals surface area contributed by atoms with Gasteiger partial charge in [-0.25, -0.2) is 4.98 Å². The number of hydrogen-bond donors (Lipinski definition) is 1. The molecule has 0 aromatic carbocycles. The van der Waals surface area contributed by atoms with E-state index in [4.69, 9.17) is 0 Å². The van der Waals surface area contributed by atoms with E-state index in [2.05, 4.69) is 48.0 Å². The highest BCUT2D eigenvalue weighted by molar-refractivity contribution is 5.35. The summed E-state index contributed by atoms with van der Waals surface area (Å²) in [7, 11) is 2.11. The standard InChI is InChI=1S/C15H26N4/c1-11(2)6-16-7-14-8-17-9-15(18-14)19(4)10-13-5-12(13)3/h8-9,11-13,16H,5-7,10H2,1-4H3. The molecule has 1 aliphatic carbocycles. The van der Waals surface area contributed by atoms with Gasteiger partial charge in [0.15, 0.2) is 0 Å². The average Bonchev–Trinajstić information content (AvgIpc) is 3.05. The molecule has 2 atom stereocenters. The first-order chi connectivity index (χ1) is 9.06. The Morgan fingerprint density at radius 2 is 2.16 bits per heavy atom. The van der Waals surface area contributed by atoms with E-state index in [-0.39, 0.29) is 0 Å². The highest BCUT2D eigenvalue weighted by Crippen LogP contribution is 2.38. The number of nitrogens with zero attached hydrogens (tertiary/aromatic N) is 3. The smallest absolute Gasteiger partial charge is 0.147 e. The summed E-state index contributed by atoms with van der Waals surface area (Å²) in [5.74, 6) is 3.37. The van der Waals surface area contributed by atoms with E-state index in [1.165, 1.54) is 6.42 Å². The monoisotopic (exact) mass is 262 g/mol. The van der Waals surface area contributed by atoms with Crippen molar-refractivity contribution in [2.45, 2.75) is 33.7 Å². The molecule has 1 saturated carbocycles. The van der Waals surface area contributed by atoms with Crippen LogP contribution in [0.25, 0.3) is 0 Å². The average molecular weight is 262 g/mol. The molecule has 4 heteroatoms. The Kier molecular flexibility index (Phi) is 4.75. The third-order valence-corrected chi connectivity index (χ3v) is 3.71. The van der Waals surface area contributed by atoms with E-state index in [0.717, 1.165) is 43.0 Å². The maximum Gasteiger partial charge on any atom is 0.147 e. The van der Waals surface area contributed by atoms with Crippen LogP contribution in [0.2, 0.25) is 0 Å². The van der Waals surface area contributed by atoms with E-state index in [0.29, 0.717) is 5.92 Å². The summed E-state index contributed by atoms with van der Waals surface area (Å²) in [5.41, 5.74) is 1.02. The third kappa shape index (κ3) is 4.46. The number of hydrogen-bond acceptors (Lipinski definition) is 4. The lowest BCUT2D eigenvalue weighted by Crippen LogP contribution is -2.24. The highest BCUT2D eigenvalue weighted by atomic mass is 15.2. The maximum absolute atomic E-state index is 4.68. The third-order valence-electron chi connectivity index (χ3n) is 3.71. The van der Waals surface area contributed by atoms with Crippen LogP contribution in [0.3, 0.4) is 0 Å². The lowest BCUT2D eigenvalue weighted by Gasteiger charge is -2.18. The lowest BCUT2D eigenvalue weighted by atomic mass is 10.2. The van der Waals surface area contributed by atoms with Crippen LogP contribution in [-0.4, -0.2) is 30.1 Å². The molecule has 0 bridgehead atoms. The van der Waals surface area contributed by atoms with Gasteiger partial charge in [-0.15, -0.1) is 0 Å². The molecular weight excluding hydrogens is 236 g/mol. The minimum absolute atomic E-state index is 0.662. The SMILES string of the molecule is CC(C)CNCc1cncc(N(C)CC2CC2C)n1. The number of anilines is 1. The first-order valence-electron chi connectivity index (χ1n) is 7.29. The fraction of sp³-hybridized carbons (Fsp3) is 0.733. The zero-order chi connectivity index (χ0) is 13.8. The molecule has 2 unspecified atom stereocenters. The van der Waals surface area contributed by atoms with Crippen molar-refractivity contribution in [3.05, 3.63) is 18.1 Å². The summed E-state index contributed by atoms with van der Waals surface area (Å²) in [4.78, 5) is 11.2. The Labute approximate surface area is 116 Å². The van der Waals surface area contributed by atoms with Crippen molar-refractivity contribution in [2.24, 2.45) is 17.8 Å². The fourth-order valence-corrected chi connectivity index (χ4v) is 2.25. The first kappa shape index (κ1) is 14.3. The molecule has 1 fully saturated rings. The second-order valence-corrected chi connectivity index (χ2v) is 6.25. The maximum atomic E-state index is 4.68. The van der Waals surface area contributed by atoms with Gasteiger partial charge in [-0.05, 0) is 30.7 Å². The Hall–Kier alpha value is -1.16. The second kappa shape index (κ2) is 6.33. The van der Waals surface area contributed by atoms with Gasteiger partial charge in [0.25, 0.3) is 0 Å². The van der Waals surface area contributed by atoms with Gasteiger partial charge in [0.05, 0.1) is 11.9 Å². The predicted molar refractivity (Wildman–Crippen MR) is 79.1 cm³/mol. The summed E-state index contributed by atoms with van der Waals surface area (Å²) in [6.07, 6.45) is 5.07. The molecule has 0 amide bonds. The van der Waals surface area contributed by atoms with Crippen molar-refractivity contribution in [3.63, 3.8) is 0 Å². The molecule has 0 saturated heterocycles. The van der Waals surface area contributed by atoms with Crippen LogP contribution in [-0.2, 0) is 6.54 Å². The molecular formula is C15H26N4. The van der Waals surface area contributed by atoms with Crippen molar-refractivity contribution >= 4 is 5.82 Å². The summed E-state index contributed by atoms with van der Waals surface area (Å²) >= 11 is 0. The van der Waals surface area contributed by atoms with Gasteiger partial charge in [0.1, 0.15) is 5.82 Å². The Morgan fingerprint density at radius 1 is 1.42 bits per heavy atom. The van der Waals surface area contributed by atoms with Gasteiger partial charge < -0.3 is 10.2 Å². The summed E-state index contributed by atoms with van der Waals surface area (Å²) < 4.78 is 0. The normalized spacial score (nSPS) is 21.7. The largest absolute Gasteiger partial charge is 0.358 e. The topological polar surface area (TPSA) is 41.1 Å². The lowest BCUT2D eigenvalue weighted by molar-refractivity contribution is 0.547. The number of nitrogens with one attached hydrogen (secondary N) is 1. The summed E-state index contributed by atoms with van der Waals surface area (Å²) in [6, 6.07) is 0. The van der Waals surface area contributed by atoms with Crippen molar-refractivity contribution in [2.75, 3.05) is 25.0 Å². The zero-order valence-corrected chi connectivity index (χ0v) is 12.6. The minimum atomic E-state index is 0.662. The summed E-state index contributed by atoms with van der Waals surface area (Å²) in [6.45, 7) is 9.64. The van der Waals surface area contributed by atoms with Crippen LogP contribution in [0, 0.1) is 17.8 Å². The van der Waals surface area contributed by atoms with E-state index in [1.54, 1.807) is 0 Å². The molecule has 0 spiro atoms. The van der Waals surface area contributed by atoms with E-state index in [1.807, 2.05) is 12.4 Å². The summed E-state index contributed by atoms with van der Waals surface area (Å²) in [5, 5.41) is 3.41. The predicted octanol–water partition coefficient (Wildman–Crippen LogP) is 2.31. The number of aromatic nitrogens is 2. The van der Waals surface area contributed by atoms with Crippen LogP contribution < -0.4 is 10.2 Å². The molecule has 1 heterocycles. The van der Waals surface area contributed by atoms with Crippen LogP contribution in [0.15, 0.2) is 12.4 Å². The molecule has 106 valence electrons. The minimum Gasteiger partial charge on any atom is -0.358 e. The molecule has 0 radical (unpaired) electrons. The van der Waals surface area contributed by atoms with E-state index < -0.39 is 0 Å². The Morgan fingerprint density at radius 3 is 2.79 bits per heavy atom. The molecule has 1 aromatic heterocycles. The van der Waals surface area contributed by atoms with Crippen LogP contribution in [0.5, 0.6) is 0 Å². The first-order valence-corrected chi connectivity index (χ1v) is 7.29. The zero-order valence-electron chi connectivity index (χ0n) is 12.6. The van der Waals surface area contributed by atoms with Gasteiger partial charge in [-0.1, -0.05) is 20.8 Å². The Bertz CT molecular complexity index is 405. The van der Waals surface area contributed by atoms with Gasteiger partial charge >= 0.3 is 0 Å². The molecule has 2 rings (SSSR count). The van der Waals surface area contributed by atoms with Crippen LogP contribution >= 0.6 is 0 Å². The fourth-order valence-electron chi connectivity index (χ4n) is 2.25. The molecule has 1 aromatic rings. The van der Waals surface area contributed by atoms with Crippen molar-refractivity contribution in [1.82, 2.24) is 15.3 Å². The van der Waals surface area contributed by atoms with Crippen LogP contribution in [0.4, 0.5) is 5.82 Å². The van der Waals surface area contributed by atoms with Crippen molar-refractivity contribution in [1.29, 1.82) is 0 Å². The molecule has 1 N–H and O–H groups in total. The quantitative estimate of drug-likeness (QED) is 0.819. The van der Waals surface area contributed by atoms with Crippen LogP contribution in [0.1, 0.15) is 32.9 Å². The van der Waals surface area contributed by atoms with Gasteiger partial charge in [0.2, 0.25) is 0 Å². The molecule has 1 aliphatic rings. The van der Waals surface area contributed by atoms with Gasteiger partial charge in [-0.2, -0.15) is 0 Å². The molecule has 4 nitrogen and oxygen atoms in total. The second-order valence-electron chi connectivity index (χ2n) is 6.25. The van der Waals surface area contributed by atoms with Crippen molar-refractivity contribution in [3.8, 4) is 0 Å². The molecule has 0 aliphatic heterocycles. The van der Waals surface area contributed by atoms with E-state index >= 15 is 0 Å². The molecule has 19 heavy (non-hydrogen) atoms. The Balaban J connectivity index is 1.86. The van der Waals surface area contributed by atoms with E-state index in [9.17, 15) is 0 Å². The van der Waals surface area contributed by atoms with Crippen molar-refractivity contribution < 1.29 is 0 Å².